The van der Waals surface area contributed by atoms with Gasteiger partial charge in [0.1, 0.15) is 5.75 Å². The van der Waals surface area contributed by atoms with E-state index in [4.69, 9.17) is 4.74 Å². The number of hydrogen-bond acceptors (Lipinski definition) is 3. The molecule has 1 aliphatic carbocycles. The zero-order valence-electron chi connectivity index (χ0n) is 14.0. The van der Waals surface area contributed by atoms with E-state index in [-0.39, 0.29) is 0 Å². The number of thiophene rings is 1. The smallest absolute Gasteiger partial charge is 0.122 e. The van der Waals surface area contributed by atoms with Gasteiger partial charge in [-0.15, -0.1) is 11.3 Å². The number of hydrogen-bond donors (Lipinski definition) is 1. The van der Waals surface area contributed by atoms with Crippen molar-refractivity contribution in [1.29, 1.82) is 0 Å². The number of nitrogens with one attached hydrogen (secondary N) is 1. The maximum absolute atomic E-state index is 5.99. The number of unbranched alkanes of at least 4 members (excludes halogenated alkanes) is 1. The lowest BCUT2D eigenvalue weighted by atomic mass is 9.87. The molecule has 1 N–H and O–H groups in total. The monoisotopic (exact) mass is 329 g/mol. The predicted molar refractivity (Wildman–Crippen MR) is 98.7 cm³/mol. The lowest BCUT2D eigenvalue weighted by Gasteiger charge is -2.27. The number of benzene rings is 1. The Kier molecular flexibility index (Phi) is 6.12. The van der Waals surface area contributed by atoms with Gasteiger partial charge in [-0.05, 0) is 60.7 Å². The third-order valence-electron chi connectivity index (χ3n) is 4.58. The van der Waals surface area contributed by atoms with E-state index in [1.54, 1.807) is 0 Å². The van der Waals surface area contributed by atoms with E-state index in [1.807, 2.05) is 11.3 Å². The summed E-state index contributed by atoms with van der Waals surface area (Å²) >= 11 is 1.85. The molecule has 23 heavy (non-hydrogen) atoms. The summed E-state index contributed by atoms with van der Waals surface area (Å²) in [6, 6.07) is 11.5. The molecule has 0 fully saturated rings. The summed E-state index contributed by atoms with van der Waals surface area (Å²) in [6.45, 7) is 4.12. The van der Waals surface area contributed by atoms with Gasteiger partial charge in [-0.1, -0.05) is 31.5 Å². The molecule has 1 heterocycles. The molecule has 1 aromatic carbocycles. The second kappa shape index (κ2) is 8.51. The molecule has 0 bridgehead atoms. The van der Waals surface area contributed by atoms with E-state index in [0.717, 1.165) is 44.6 Å². The molecule has 0 aliphatic heterocycles. The van der Waals surface area contributed by atoms with Crippen LogP contribution in [0.25, 0.3) is 0 Å². The Morgan fingerprint density at radius 3 is 3.04 bits per heavy atom. The molecule has 0 amide bonds. The maximum atomic E-state index is 5.99. The van der Waals surface area contributed by atoms with Gasteiger partial charge in [0.25, 0.3) is 0 Å². The van der Waals surface area contributed by atoms with Crippen LogP contribution in [0.15, 0.2) is 35.7 Å². The first kappa shape index (κ1) is 16.5. The molecule has 0 saturated carbocycles. The number of ether oxygens (including phenoxy) is 1. The summed E-state index contributed by atoms with van der Waals surface area (Å²) in [4.78, 5) is 1.47. The van der Waals surface area contributed by atoms with E-state index in [0.29, 0.717) is 6.04 Å². The zero-order valence-corrected chi connectivity index (χ0v) is 14.8. The molecule has 2 aromatic rings. The lowest BCUT2D eigenvalue weighted by Crippen LogP contribution is -2.35. The van der Waals surface area contributed by atoms with Crippen LogP contribution < -0.4 is 10.1 Å². The van der Waals surface area contributed by atoms with Gasteiger partial charge < -0.3 is 10.1 Å². The van der Waals surface area contributed by atoms with Crippen LogP contribution >= 0.6 is 11.3 Å². The van der Waals surface area contributed by atoms with Crippen molar-refractivity contribution in [2.75, 3.05) is 13.2 Å². The fraction of sp³-hybridized carbons (Fsp3) is 0.500. The highest BCUT2D eigenvalue weighted by Crippen LogP contribution is 2.30. The first-order valence-electron chi connectivity index (χ1n) is 8.86. The average molecular weight is 330 g/mol. The van der Waals surface area contributed by atoms with Crippen molar-refractivity contribution in [3.05, 3.63) is 51.7 Å². The molecule has 3 rings (SSSR count). The Hall–Kier alpha value is -1.32. The fourth-order valence-electron chi connectivity index (χ4n) is 3.26. The van der Waals surface area contributed by atoms with Crippen molar-refractivity contribution in [3.8, 4) is 5.75 Å². The highest BCUT2D eigenvalue weighted by atomic mass is 32.1. The minimum Gasteiger partial charge on any atom is -0.493 e. The second-order valence-corrected chi connectivity index (χ2v) is 7.35. The number of rotatable bonds is 8. The van der Waals surface area contributed by atoms with Crippen molar-refractivity contribution >= 4 is 11.3 Å². The summed E-state index contributed by atoms with van der Waals surface area (Å²) in [5, 5.41) is 5.90. The molecule has 0 radical (unpaired) electrons. The Balaban J connectivity index is 1.52. The highest BCUT2D eigenvalue weighted by molar-refractivity contribution is 7.09. The van der Waals surface area contributed by atoms with Crippen LogP contribution in [0.3, 0.4) is 0 Å². The van der Waals surface area contributed by atoms with Crippen molar-refractivity contribution in [1.82, 2.24) is 5.32 Å². The average Bonchev–Trinajstić information content (AvgIpc) is 3.08. The quantitative estimate of drug-likeness (QED) is 0.714. The zero-order chi connectivity index (χ0) is 15.9. The molecular weight excluding hydrogens is 302 g/mol. The standard InChI is InChI=1S/C20H27NOS/c1-2-3-13-22-20-8-4-6-16-15-17(9-10-19(16)20)21-12-11-18-7-5-14-23-18/h4-8,14,17,21H,2-3,9-13,15H2,1H3. The van der Waals surface area contributed by atoms with Gasteiger partial charge in [0.15, 0.2) is 0 Å². The van der Waals surface area contributed by atoms with Crippen molar-refractivity contribution in [3.63, 3.8) is 0 Å². The highest BCUT2D eigenvalue weighted by Gasteiger charge is 2.20. The number of fused-ring (bicyclic) bond motifs is 1. The first-order valence-corrected chi connectivity index (χ1v) is 9.74. The van der Waals surface area contributed by atoms with E-state index < -0.39 is 0 Å². The summed E-state index contributed by atoms with van der Waals surface area (Å²) in [6.07, 6.45) is 6.94. The molecule has 1 atom stereocenters. The summed E-state index contributed by atoms with van der Waals surface area (Å²) in [5.74, 6) is 1.12. The summed E-state index contributed by atoms with van der Waals surface area (Å²) < 4.78 is 5.99. The summed E-state index contributed by atoms with van der Waals surface area (Å²) in [5.41, 5.74) is 2.92. The molecule has 124 valence electrons. The molecule has 0 spiro atoms. The maximum Gasteiger partial charge on any atom is 0.122 e. The Morgan fingerprint density at radius 1 is 1.26 bits per heavy atom. The topological polar surface area (TPSA) is 21.3 Å². The molecule has 0 saturated heterocycles. The summed E-state index contributed by atoms with van der Waals surface area (Å²) in [7, 11) is 0. The van der Waals surface area contributed by atoms with Crippen LogP contribution in [0.1, 0.15) is 42.2 Å². The van der Waals surface area contributed by atoms with Crippen LogP contribution in [-0.2, 0) is 19.3 Å². The van der Waals surface area contributed by atoms with Gasteiger partial charge in [0.2, 0.25) is 0 Å². The Bertz CT molecular complexity index is 594. The van der Waals surface area contributed by atoms with Crippen LogP contribution in [0.2, 0.25) is 0 Å². The van der Waals surface area contributed by atoms with E-state index in [2.05, 4.69) is 48.0 Å². The van der Waals surface area contributed by atoms with Gasteiger partial charge >= 0.3 is 0 Å². The Morgan fingerprint density at radius 2 is 2.22 bits per heavy atom. The third-order valence-corrected chi connectivity index (χ3v) is 5.52. The second-order valence-electron chi connectivity index (χ2n) is 6.32. The van der Waals surface area contributed by atoms with Crippen LogP contribution in [0, 0.1) is 0 Å². The molecule has 1 aliphatic rings. The SMILES string of the molecule is CCCCOc1cccc2c1CCC(NCCc1cccs1)C2. The van der Waals surface area contributed by atoms with Gasteiger partial charge in [0, 0.05) is 17.5 Å². The normalized spacial score (nSPS) is 17.0. The molecule has 3 heteroatoms. The van der Waals surface area contributed by atoms with Crippen LogP contribution in [0.4, 0.5) is 0 Å². The first-order chi connectivity index (χ1) is 11.4. The van der Waals surface area contributed by atoms with Gasteiger partial charge in [-0.25, -0.2) is 0 Å². The van der Waals surface area contributed by atoms with Crippen molar-refractivity contribution < 1.29 is 4.74 Å². The molecular formula is C20H27NOS. The lowest BCUT2D eigenvalue weighted by molar-refractivity contribution is 0.303. The third kappa shape index (κ3) is 4.58. The van der Waals surface area contributed by atoms with E-state index >= 15 is 0 Å². The van der Waals surface area contributed by atoms with Crippen LogP contribution in [-0.4, -0.2) is 19.2 Å². The van der Waals surface area contributed by atoms with Gasteiger partial charge in [0.05, 0.1) is 6.61 Å². The molecule has 1 unspecified atom stereocenters. The largest absolute Gasteiger partial charge is 0.493 e. The predicted octanol–water partition coefficient (Wildman–Crippen LogP) is 4.62. The Labute approximate surface area is 143 Å². The van der Waals surface area contributed by atoms with E-state index in [9.17, 15) is 0 Å². The van der Waals surface area contributed by atoms with E-state index in [1.165, 1.54) is 28.8 Å². The van der Waals surface area contributed by atoms with Crippen molar-refractivity contribution in [2.24, 2.45) is 0 Å². The van der Waals surface area contributed by atoms with Crippen molar-refractivity contribution in [2.45, 2.75) is 51.5 Å². The minimum atomic E-state index is 0.605. The minimum absolute atomic E-state index is 0.605. The van der Waals surface area contributed by atoms with Gasteiger partial charge in [-0.3, -0.25) is 0 Å². The molecule has 1 aromatic heterocycles. The molecule has 2 nitrogen and oxygen atoms in total. The fourth-order valence-corrected chi connectivity index (χ4v) is 3.97. The van der Waals surface area contributed by atoms with Gasteiger partial charge in [-0.2, -0.15) is 0 Å². The van der Waals surface area contributed by atoms with Crippen LogP contribution in [0.5, 0.6) is 5.75 Å².